The number of methoxy groups -OCH3 is 2. The average Bonchev–Trinajstić information content (AvgIpc) is 3.27. The third-order valence-corrected chi connectivity index (χ3v) is 5.97. The van der Waals surface area contributed by atoms with E-state index in [-0.39, 0.29) is 11.5 Å². The molecular formula is C24H19N5O4S. The van der Waals surface area contributed by atoms with E-state index in [0.29, 0.717) is 43.7 Å². The van der Waals surface area contributed by atoms with Gasteiger partial charge in [0.2, 0.25) is 10.1 Å². The third kappa shape index (κ3) is 4.02. The van der Waals surface area contributed by atoms with Crippen LogP contribution in [-0.2, 0) is 0 Å². The van der Waals surface area contributed by atoms with Gasteiger partial charge in [0, 0.05) is 23.0 Å². The first kappa shape index (κ1) is 21.4. The molecule has 0 unspecified atom stereocenters. The molecule has 5 rings (SSSR count). The molecule has 0 aliphatic heterocycles. The molecule has 170 valence electrons. The van der Waals surface area contributed by atoms with Crippen LogP contribution in [0.15, 0.2) is 71.5 Å². The van der Waals surface area contributed by atoms with Gasteiger partial charge in [0.05, 0.1) is 25.1 Å². The number of amides is 1. The summed E-state index contributed by atoms with van der Waals surface area (Å²) >= 11 is 1.27. The molecule has 0 spiro atoms. The van der Waals surface area contributed by atoms with Gasteiger partial charge >= 0.3 is 0 Å². The molecule has 2 N–H and O–H groups in total. The highest BCUT2D eigenvalue weighted by molar-refractivity contribution is 7.20. The number of para-hydroxylation sites is 1. The van der Waals surface area contributed by atoms with Gasteiger partial charge in [-0.05, 0) is 48.5 Å². The van der Waals surface area contributed by atoms with Gasteiger partial charge in [0.15, 0.2) is 11.5 Å². The van der Waals surface area contributed by atoms with Crippen LogP contribution in [0.3, 0.4) is 0 Å². The monoisotopic (exact) mass is 473 g/mol. The van der Waals surface area contributed by atoms with Crippen molar-refractivity contribution in [3.05, 3.63) is 82.6 Å². The molecule has 0 saturated heterocycles. The number of carbonyl (C=O) groups is 1. The van der Waals surface area contributed by atoms with Crippen LogP contribution in [0.1, 0.15) is 10.4 Å². The summed E-state index contributed by atoms with van der Waals surface area (Å²) in [4.78, 5) is 30.3. The van der Waals surface area contributed by atoms with Crippen molar-refractivity contribution >= 4 is 49.6 Å². The highest BCUT2D eigenvalue weighted by Crippen LogP contribution is 2.30. The van der Waals surface area contributed by atoms with Crippen LogP contribution in [0.25, 0.3) is 15.9 Å². The van der Waals surface area contributed by atoms with E-state index in [1.165, 1.54) is 23.0 Å². The van der Waals surface area contributed by atoms with Gasteiger partial charge in [-0.15, -0.1) is 5.10 Å². The first-order valence-corrected chi connectivity index (χ1v) is 11.1. The second-order valence-corrected chi connectivity index (χ2v) is 8.22. The van der Waals surface area contributed by atoms with Gasteiger partial charge in [-0.1, -0.05) is 23.5 Å². The summed E-state index contributed by atoms with van der Waals surface area (Å²) in [6.07, 6.45) is 0. The Hall–Kier alpha value is -4.44. The van der Waals surface area contributed by atoms with E-state index >= 15 is 0 Å². The molecule has 3 aromatic carbocycles. The summed E-state index contributed by atoms with van der Waals surface area (Å²) in [5.74, 6) is 0.842. The predicted octanol–water partition coefficient (Wildman–Crippen LogP) is 4.32. The van der Waals surface area contributed by atoms with Crippen LogP contribution in [0.4, 0.5) is 16.5 Å². The van der Waals surface area contributed by atoms with Crippen LogP contribution in [0, 0.1) is 0 Å². The minimum atomic E-state index is -0.263. The zero-order valence-corrected chi connectivity index (χ0v) is 19.1. The molecule has 0 bridgehead atoms. The molecular weight excluding hydrogens is 454 g/mol. The van der Waals surface area contributed by atoms with Gasteiger partial charge in [0.1, 0.15) is 0 Å². The molecule has 34 heavy (non-hydrogen) atoms. The first-order valence-electron chi connectivity index (χ1n) is 10.2. The van der Waals surface area contributed by atoms with Crippen molar-refractivity contribution in [2.75, 3.05) is 24.9 Å². The number of carbonyl (C=O) groups excluding carboxylic acids is 1. The largest absolute Gasteiger partial charge is 0.493 e. The Labute approximate surface area is 197 Å². The molecule has 0 aliphatic carbocycles. The molecule has 0 atom stereocenters. The van der Waals surface area contributed by atoms with E-state index in [1.807, 2.05) is 6.07 Å². The quantitative estimate of drug-likeness (QED) is 0.378. The van der Waals surface area contributed by atoms with Gasteiger partial charge in [-0.25, -0.2) is 4.98 Å². The minimum Gasteiger partial charge on any atom is -0.493 e. The molecule has 5 aromatic rings. The van der Waals surface area contributed by atoms with Crippen LogP contribution < -0.4 is 25.7 Å². The second kappa shape index (κ2) is 8.83. The summed E-state index contributed by atoms with van der Waals surface area (Å²) in [5, 5.41) is 11.4. The predicted molar refractivity (Wildman–Crippen MR) is 132 cm³/mol. The van der Waals surface area contributed by atoms with Gasteiger partial charge in [0.25, 0.3) is 11.5 Å². The number of benzene rings is 3. The lowest BCUT2D eigenvalue weighted by atomic mass is 10.2. The Balaban J connectivity index is 1.33. The Bertz CT molecular complexity index is 1580. The van der Waals surface area contributed by atoms with Gasteiger partial charge < -0.3 is 20.1 Å². The summed E-state index contributed by atoms with van der Waals surface area (Å²) < 4.78 is 11.8. The SMILES string of the molecule is COc1ccc(NC(=O)c2ccc(Nc3nn4c(=O)c5ccccc5nc4s3)cc2)cc1OC. The maximum absolute atomic E-state index is 12.7. The number of ether oxygens (including phenoxy) is 2. The fourth-order valence-electron chi connectivity index (χ4n) is 3.45. The lowest BCUT2D eigenvalue weighted by Crippen LogP contribution is -2.15. The van der Waals surface area contributed by atoms with E-state index in [1.54, 1.807) is 67.8 Å². The van der Waals surface area contributed by atoms with Crippen LogP contribution >= 0.6 is 11.3 Å². The highest BCUT2D eigenvalue weighted by atomic mass is 32.1. The molecule has 10 heteroatoms. The smallest absolute Gasteiger partial charge is 0.283 e. The van der Waals surface area contributed by atoms with Gasteiger partial charge in [-0.2, -0.15) is 4.52 Å². The number of hydrogen-bond acceptors (Lipinski definition) is 8. The molecule has 9 nitrogen and oxygen atoms in total. The summed E-state index contributed by atoms with van der Waals surface area (Å²) in [5.41, 5.74) is 2.21. The zero-order valence-electron chi connectivity index (χ0n) is 18.2. The van der Waals surface area contributed by atoms with Crippen molar-refractivity contribution in [1.29, 1.82) is 0 Å². The minimum absolute atomic E-state index is 0.216. The summed E-state index contributed by atoms with van der Waals surface area (Å²) in [6.45, 7) is 0. The number of fused-ring (bicyclic) bond motifs is 2. The lowest BCUT2D eigenvalue weighted by Gasteiger charge is -2.11. The molecule has 2 heterocycles. The maximum Gasteiger partial charge on any atom is 0.283 e. The number of nitrogens with zero attached hydrogens (tertiary/aromatic N) is 3. The van der Waals surface area contributed by atoms with Crippen molar-refractivity contribution in [3.8, 4) is 11.5 Å². The number of nitrogens with one attached hydrogen (secondary N) is 2. The number of rotatable bonds is 6. The Morgan fingerprint density at radius 2 is 1.68 bits per heavy atom. The summed E-state index contributed by atoms with van der Waals surface area (Å²) in [6, 6.07) is 19.3. The molecule has 0 saturated carbocycles. The summed E-state index contributed by atoms with van der Waals surface area (Å²) in [7, 11) is 3.09. The fourth-order valence-corrected chi connectivity index (χ4v) is 4.27. The molecule has 0 radical (unpaired) electrons. The topological polar surface area (TPSA) is 107 Å². The van der Waals surface area contributed by atoms with E-state index in [2.05, 4.69) is 20.7 Å². The molecule has 0 fully saturated rings. The standard InChI is InChI=1S/C24H19N5O4S/c1-32-19-12-11-16(13-20(19)33-2)25-21(30)14-7-9-15(10-8-14)26-23-28-29-22(31)17-5-3-4-6-18(17)27-24(29)34-23/h3-13H,1-2H3,(H,25,30)(H,26,28). The number of anilines is 3. The molecule has 0 aliphatic rings. The fraction of sp³-hybridized carbons (Fsp3) is 0.0833. The normalized spacial score (nSPS) is 10.9. The Morgan fingerprint density at radius 3 is 2.44 bits per heavy atom. The molecule has 1 amide bonds. The van der Waals surface area contributed by atoms with Crippen molar-refractivity contribution in [2.45, 2.75) is 0 Å². The van der Waals surface area contributed by atoms with Crippen LogP contribution in [0.2, 0.25) is 0 Å². The Morgan fingerprint density at radius 1 is 0.941 bits per heavy atom. The van der Waals surface area contributed by atoms with Crippen molar-refractivity contribution in [1.82, 2.24) is 14.6 Å². The number of hydrogen-bond donors (Lipinski definition) is 2. The maximum atomic E-state index is 12.7. The lowest BCUT2D eigenvalue weighted by molar-refractivity contribution is 0.102. The van der Waals surface area contributed by atoms with Crippen LogP contribution in [0.5, 0.6) is 11.5 Å². The van der Waals surface area contributed by atoms with E-state index in [9.17, 15) is 9.59 Å². The van der Waals surface area contributed by atoms with E-state index < -0.39 is 0 Å². The zero-order chi connectivity index (χ0) is 23.7. The van der Waals surface area contributed by atoms with Crippen molar-refractivity contribution in [2.24, 2.45) is 0 Å². The number of aromatic nitrogens is 3. The second-order valence-electron chi connectivity index (χ2n) is 7.26. The average molecular weight is 474 g/mol. The molecule has 2 aromatic heterocycles. The van der Waals surface area contributed by atoms with Crippen LogP contribution in [-0.4, -0.2) is 34.7 Å². The van der Waals surface area contributed by atoms with Crippen molar-refractivity contribution < 1.29 is 14.3 Å². The van der Waals surface area contributed by atoms with E-state index in [0.717, 1.165) is 5.69 Å². The van der Waals surface area contributed by atoms with Crippen molar-refractivity contribution in [3.63, 3.8) is 0 Å². The highest BCUT2D eigenvalue weighted by Gasteiger charge is 2.12. The third-order valence-electron chi connectivity index (χ3n) is 5.14. The van der Waals surface area contributed by atoms with E-state index in [4.69, 9.17) is 9.47 Å². The first-order chi connectivity index (χ1) is 16.6. The Kier molecular flexibility index (Phi) is 5.56. The van der Waals surface area contributed by atoms with Gasteiger partial charge in [-0.3, -0.25) is 9.59 Å².